The zero-order valence-corrected chi connectivity index (χ0v) is 10.9. The van der Waals surface area contributed by atoms with Crippen LogP contribution >= 0.6 is 11.3 Å². The molecule has 2 N–H and O–H groups in total. The van der Waals surface area contributed by atoms with Crippen molar-refractivity contribution >= 4 is 29.2 Å². The molecule has 0 saturated carbocycles. The van der Waals surface area contributed by atoms with Gasteiger partial charge in [0.2, 0.25) is 11.8 Å². The van der Waals surface area contributed by atoms with Crippen molar-refractivity contribution in [1.29, 1.82) is 0 Å². The monoisotopic (exact) mass is 264 g/mol. The molecular formula is C13H16N2O2S. The third kappa shape index (κ3) is 3.20. The first-order valence-electron chi connectivity index (χ1n) is 5.96. The Morgan fingerprint density at radius 3 is 2.67 bits per heavy atom. The van der Waals surface area contributed by atoms with Gasteiger partial charge in [-0.05, 0) is 30.4 Å². The van der Waals surface area contributed by atoms with E-state index in [9.17, 15) is 9.59 Å². The second kappa shape index (κ2) is 5.82. The van der Waals surface area contributed by atoms with Crippen molar-refractivity contribution in [2.24, 2.45) is 11.7 Å². The molecule has 1 aromatic rings. The van der Waals surface area contributed by atoms with Crippen LogP contribution in [0.25, 0.3) is 6.08 Å². The quantitative estimate of drug-likeness (QED) is 0.841. The van der Waals surface area contributed by atoms with Crippen LogP contribution in [0.1, 0.15) is 17.7 Å². The molecule has 2 rings (SSSR count). The molecule has 0 unspecified atom stereocenters. The average molecular weight is 264 g/mol. The van der Waals surface area contributed by atoms with Gasteiger partial charge in [-0.1, -0.05) is 6.07 Å². The van der Waals surface area contributed by atoms with Crippen LogP contribution in [0.15, 0.2) is 23.6 Å². The van der Waals surface area contributed by atoms with E-state index in [-0.39, 0.29) is 17.7 Å². The van der Waals surface area contributed by atoms with Crippen molar-refractivity contribution in [3.63, 3.8) is 0 Å². The number of piperidine rings is 1. The lowest BCUT2D eigenvalue weighted by molar-refractivity contribution is -0.130. The lowest BCUT2D eigenvalue weighted by atomic mass is 9.96. The first-order valence-corrected chi connectivity index (χ1v) is 6.84. The number of likely N-dealkylation sites (tertiary alicyclic amines) is 1. The number of primary amides is 1. The molecule has 1 aliphatic heterocycles. The number of nitrogens with two attached hydrogens (primary N) is 1. The summed E-state index contributed by atoms with van der Waals surface area (Å²) in [7, 11) is 0. The SMILES string of the molecule is NC(=O)C1CCN(C(=O)/C=C/c2cccs2)CC1. The topological polar surface area (TPSA) is 63.4 Å². The standard InChI is InChI=1S/C13H16N2O2S/c14-13(17)10-5-7-15(8-6-10)12(16)4-3-11-2-1-9-18-11/h1-4,9-10H,5-8H2,(H2,14,17)/b4-3+. The van der Waals surface area contributed by atoms with Gasteiger partial charge in [-0.15, -0.1) is 11.3 Å². The van der Waals surface area contributed by atoms with E-state index in [0.717, 1.165) is 4.88 Å². The molecular weight excluding hydrogens is 248 g/mol. The zero-order chi connectivity index (χ0) is 13.0. The fourth-order valence-electron chi connectivity index (χ4n) is 2.03. The molecule has 0 spiro atoms. The maximum Gasteiger partial charge on any atom is 0.246 e. The second-order valence-electron chi connectivity index (χ2n) is 4.35. The van der Waals surface area contributed by atoms with Crippen molar-refractivity contribution < 1.29 is 9.59 Å². The van der Waals surface area contributed by atoms with Crippen LogP contribution in [-0.2, 0) is 9.59 Å². The summed E-state index contributed by atoms with van der Waals surface area (Å²) < 4.78 is 0. The summed E-state index contributed by atoms with van der Waals surface area (Å²) in [5, 5.41) is 1.97. The number of hydrogen-bond donors (Lipinski definition) is 1. The lowest BCUT2D eigenvalue weighted by Gasteiger charge is -2.29. The van der Waals surface area contributed by atoms with Crippen LogP contribution in [-0.4, -0.2) is 29.8 Å². The van der Waals surface area contributed by atoms with E-state index >= 15 is 0 Å². The van der Waals surface area contributed by atoms with Crippen molar-refractivity contribution in [3.8, 4) is 0 Å². The van der Waals surface area contributed by atoms with Gasteiger partial charge in [0.05, 0.1) is 0 Å². The average Bonchev–Trinajstić information content (AvgIpc) is 2.89. The Balaban J connectivity index is 1.86. The molecule has 18 heavy (non-hydrogen) atoms. The largest absolute Gasteiger partial charge is 0.369 e. The predicted octanol–water partition coefficient (Wildman–Crippen LogP) is 1.49. The lowest BCUT2D eigenvalue weighted by Crippen LogP contribution is -2.41. The zero-order valence-electron chi connectivity index (χ0n) is 10.0. The van der Waals surface area contributed by atoms with E-state index in [1.54, 1.807) is 22.3 Å². The van der Waals surface area contributed by atoms with Gasteiger partial charge >= 0.3 is 0 Å². The predicted molar refractivity (Wildman–Crippen MR) is 71.9 cm³/mol. The molecule has 0 atom stereocenters. The molecule has 1 aromatic heterocycles. The highest BCUT2D eigenvalue weighted by molar-refractivity contribution is 7.10. The van der Waals surface area contributed by atoms with Crippen LogP contribution in [0.5, 0.6) is 0 Å². The van der Waals surface area contributed by atoms with Crippen molar-refractivity contribution in [2.45, 2.75) is 12.8 Å². The van der Waals surface area contributed by atoms with Gasteiger partial charge in [0.25, 0.3) is 0 Å². The molecule has 0 radical (unpaired) electrons. The van der Waals surface area contributed by atoms with Gasteiger partial charge in [0, 0.05) is 30.0 Å². The smallest absolute Gasteiger partial charge is 0.246 e. The number of carbonyl (C=O) groups excluding carboxylic acids is 2. The molecule has 1 fully saturated rings. The van der Waals surface area contributed by atoms with E-state index < -0.39 is 0 Å². The molecule has 5 heteroatoms. The third-order valence-corrected chi connectivity index (χ3v) is 3.98. The summed E-state index contributed by atoms with van der Waals surface area (Å²) in [4.78, 5) is 25.7. The van der Waals surface area contributed by atoms with Gasteiger partial charge in [0.1, 0.15) is 0 Å². The summed E-state index contributed by atoms with van der Waals surface area (Å²) in [6.07, 6.45) is 4.77. The van der Waals surface area contributed by atoms with Gasteiger partial charge in [-0.2, -0.15) is 0 Å². The van der Waals surface area contributed by atoms with Crippen molar-refractivity contribution in [3.05, 3.63) is 28.5 Å². The number of hydrogen-bond acceptors (Lipinski definition) is 3. The third-order valence-electron chi connectivity index (χ3n) is 3.14. The maximum atomic E-state index is 11.9. The van der Waals surface area contributed by atoms with Crippen LogP contribution in [0.3, 0.4) is 0 Å². The van der Waals surface area contributed by atoms with E-state index in [1.165, 1.54) is 0 Å². The highest BCUT2D eigenvalue weighted by atomic mass is 32.1. The normalized spacial score (nSPS) is 17.2. The van der Waals surface area contributed by atoms with E-state index in [2.05, 4.69) is 0 Å². The van der Waals surface area contributed by atoms with Crippen LogP contribution in [0.2, 0.25) is 0 Å². The Hall–Kier alpha value is -1.62. The molecule has 0 aliphatic carbocycles. The maximum absolute atomic E-state index is 11.9. The number of nitrogens with zero attached hydrogens (tertiary/aromatic N) is 1. The molecule has 96 valence electrons. The number of carbonyl (C=O) groups is 2. The summed E-state index contributed by atoms with van der Waals surface area (Å²) in [6, 6.07) is 3.92. The van der Waals surface area contributed by atoms with Gasteiger partial charge in [-0.3, -0.25) is 9.59 Å². The van der Waals surface area contributed by atoms with Crippen LogP contribution < -0.4 is 5.73 Å². The fraction of sp³-hybridized carbons (Fsp3) is 0.385. The van der Waals surface area contributed by atoms with Gasteiger partial charge in [0.15, 0.2) is 0 Å². The first kappa shape index (κ1) is 12.8. The molecule has 4 nitrogen and oxygen atoms in total. The van der Waals surface area contributed by atoms with E-state index in [4.69, 9.17) is 5.73 Å². The van der Waals surface area contributed by atoms with Crippen molar-refractivity contribution in [2.75, 3.05) is 13.1 Å². The summed E-state index contributed by atoms with van der Waals surface area (Å²) in [5.74, 6) is -0.321. The minimum Gasteiger partial charge on any atom is -0.369 e. The summed E-state index contributed by atoms with van der Waals surface area (Å²) in [6.45, 7) is 1.22. The molecule has 0 aromatic carbocycles. The molecule has 0 bridgehead atoms. The highest BCUT2D eigenvalue weighted by Crippen LogP contribution is 2.17. The van der Waals surface area contributed by atoms with E-state index in [1.807, 2.05) is 23.6 Å². The summed E-state index contributed by atoms with van der Waals surface area (Å²) >= 11 is 1.60. The molecule has 1 saturated heterocycles. The minimum atomic E-state index is -0.253. The Morgan fingerprint density at radius 2 is 2.11 bits per heavy atom. The Bertz CT molecular complexity index is 446. The Labute approximate surface area is 110 Å². The highest BCUT2D eigenvalue weighted by Gasteiger charge is 2.24. The van der Waals surface area contributed by atoms with Gasteiger partial charge in [-0.25, -0.2) is 0 Å². The summed E-state index contributed by atoms with van der Waals surface area (Å²) in [5.41, 5.74) is 5.26. The van der Waals surface area contributed by atoms with Crippen LogP contribution in [0.4, 0.5) is 0 Å². The second-order valence-corrected chi connectivity index (χ2v) is 5.33. The minimum absolute atomic E-state index is 0.00585. The van der Waals surface area contributed by atoms with Crippen LogP contribution in [0, 0.1) is 5.92 Å². The van der Waals surface area contributed by atoms with Gasteiger partial charge < -0.3 is 10.6 Å². The fourth-order valence-corrected chi connectivity index (χ4v) is 2.65. The number of thiophene rings is 1. The van der Waals surface area contributed by atoms with E-state index in [0.29, 0.717) is 25.9 Å². The molecule has 2 heterocycles. The molecule has 1 aliphatic rings. The Kier molecular flexibility index (Phi) is 4.15. The first-order chi connectivity index (χ1) is 8.66. The Morgan fingerprint density at radius 1 is 1.39 bits per heavy atom. The number of amides is 2. The van der Waals surface area contributed by atoms with Crippen molar-refractivity contribution in [1.82, 2.24) is 4.90 Å². The molecule has 2 amide bonds. The number of rotatable bonds is 3.